The van der Waals surface area contributed by atoms with E-state index in [4.69, 9.17) is 21.9 Å². The van der Waals surface area contributed by atoms with Crippen molar-refractivity contribution in [2.24, 2.45) is 0 Å². The molecule has 1 amide bonds. The van der Waals surface area contributed by atoms with Crippen LogP contribution in [0.25, 0.3) is 11.0 Å². The van der Waals surface area contributed by atoms with Crippen molar-refractivity contribution in [3.8, 4) is 11.5 Å². The minimum Gasteiger partial charge on any atom is -0.458 e. The van der Waals surface area contributed by atoms with E-state index in [1.165, 1.54) is 24.3 Å². The lowest BCUT2D eigenvalue weighted by molar-refractivity contribution is -0.385. The maximum Gasteiger partial charge on any atom is 0.346 e. The molecular weight excluding hydrogens is 475 g/mol. The van der Waals surface area contributed by atoms with Crippen molar-refractivity contribution < 1.29 is 36.2 Å². The Morgan fingerprint density at radius 1 is 1.20 bits per heavy atom. The number of benzene rings is 2. The minimum absolute atomic E-state index is 0.0762. The van der Waals surface area contributed by atoms with Gasteiger partial charge in [0.15, 0.2) is 0 Å². The lowest BCUT2D eigenvalue weighted by Crippen LogP contribution is -2.21. The summed E-state index contributed by atoms with van der Waals surface area (Å²) in [5.41, 5.74) is -0.607. The van der Waals surface area contributed by atoms with Gasteiger partial charge in [0.25, 0.3) is 5.91 Å². The SMILES string of the molecule is [2H]C([2H])([2H])N(C(=O)c1cccc(Oc2cc3cc(C(C)OP(=O)(N4CC4)N4CC4)oc3cc2[N+](=O)[O-])c1)C([2H])([2H])[2H]. The van der Waals surface area contributed by atoms with Crippen LogP contribution in [-0.2, 0) is 9.09 Å². The number of hydrogen-bond acceptors (Lipinski definition) is 7. The highest BCUT2D eigenvalue weighted by Gasteiger charge is 2.50. The van der Waals surface area contributed by atoms with Crippen LogP contribution in [0.3, 0.4) is 0 Å². The van der Waals surface area contributed by atoms with E-state index in [0.717, 1.165) is 12.1 Å². The smallest absolute Gasteiger partial charge is 0.346 e. The number of carbonyl (C=O) groups is 1. The molecule has 1 unspecified atom stereocenters. The van der Waals surface area contributed by atoms with Gasteiger partial charge in [0, 0.05) is 59.3 Å². The molecule has 0 bridgehead atoms. The molecule has 0 aliphatic carbocycles. The van der Waals surface area contributed by atoms with Gasteiger partial charge in [-0.1, -0.05) is 6.07 Å². The normalized spacial score (nSPS) is 20.0. The molecule has 0 saturated carbocycles. The zero-order valence-electron chi connectivity index (χ0n) is 24.5. The molecular formula is C23H25N4O7P. The van der Waals surface area contributed by atoms with Gasteiger partial charge in [0.05, 0.1) is 11.0 Å². The summed E-state index contributed by atoms with van der Waals surface area (Å²) in [5, 5.41) is 12.3. The highest BCUT2D eigenvalue weighted by Crippen LogP contribution is 2.63. The fraction of sp³-hybridized carbons (Fsp3) is 0.348. The van der Waals surface area contributed by atoms with Crippen molar-refractivity contribution >= 4 is 30.2 Å². The second kappa shape index (κ2) is 8.76. The van der Waals surface area contributed by atoms with E-state index in [-0.39, 0.29) is 27.5 Å². The minimum atomic E-state index is -3.25. The first-order chi connectivity index (χ1) is 19.1. The number of ether oxygens (including phenoxy) is 1. The van der Waals surface area contributed by atoms with E-state index >= 15 is 0 Å². The van der Waals surface area contributed by atoms with Gasteiger partial charge < -0.3 is 14.1 Å². The second-order valence-corrected chi connectivity index (χ2v) is 10.5. The summed E-state index contributed by atoms with van der Waals surface area (Å²) in [4.78, 5) is 23.8. The van der Waals surface area contributed by atoms with Crippen LogP contribution in [-0.4, -0.2) is 65.2 Å². The summed E-state index contributed by atoms with van der Waals surface area (Å²) in [6.07, 6.45) is -0.722. The van der Waals surface area contributed by atoms with E-state index < -0.39 is 44.2 Å². The zero-order valence-corrected chi connectivity index (χ0v) is 19.4. The molecule has 35 heavy (non-hydrogen) atoms. The zero-order chi connectivity index (χ0) is 29.9. The van der Waals surface area contributed by atoms with Crippen molar-refractivity contribution in [1.29, 1.82) is 0 Å². The largest absolute Gasteiger partial charge is 0.458 e. The van der Waals surface area contributed by atoms with Crippen molar-refractivity contribution in [3.05, 3.63) is 63.9 Å². The number of nitrogens with zero attached hydrogens (tertiary/aromatic N) is 4. The predicted octanol–water partition coefficient (Wildman–Crippen LogP) is 4.65. The third kappa shape index (κ3) is 4.68. The molecule has 3 heterocycles. The van der Waals surface area contributed by atoms with Gasteiger partial charge in [-0.05, 0) is 37.3 Å². The molecule has 5 rings (SSSR count). The molecule has 184 valence electrons. The van der Waals surface area contributed by atoms with Gasteiger partial charge in [-0.2, -0.15) is 0 Å². The van der Waals surface area contributed by atoms with E-state index in [1.807, 2.05) is 0 Å². The number of carbonyl (C=O) groups excluding carboxylic acids is 1. The number of furan rings is 1. The van der Waals surface area contributed by atoms with Crippen molar-refractivity contribution in [2.75, 3.05) is 40.1 Å². The van der Waals surface area contributed by atoms with E-state index in [9.17, 15) is 19.5 Å². The summed E-state index contributed by atoms with van der Waals surface area (Å²) in [6, 6.07) is 9.10. The van der Waals surface area contributed by atoms with Gasteiger partial charge in [-0.25, -0.2) is 9.34 Å². The summed E-state index contributed by atoms with van der Waals surface area (Å²) in [7, 11) is -3.16. The fourth-order valence-electron chi connectivity index (χ4n) is 3.61. The van der Waals surface area contributed by atoms with Crippen LogP contribution in [0.1, 0.15) is 37.4 Å². The number of nitro groups is 1. The third-order valence-electron chi connectivity index (χ3n) is 5.58. The molecule has 0 N–H and O–H groups in total. The van der Waals surface area contributed by atoms with Crippen LogP contribution < -0.4 is 4.74 Å². The third-order valence-corrected chi connectivity index (χ3v) is 8.40. The van der Waals surface area contributed by atoms with Gasteiger partial charge in [0.1, 0.15) is 23.2 Å². The van der Waals surface area contributed by atoms with Crippen LogP contribution in [0.5, 0.6) is 11.5 Å². The van der Waals surface area contributed by atoms with Gasteiger partial charge in [0.2, 0.25) is 5.75 Å². The average Bonchev–Trinajstić information content (AvgIpc) is 3.77. The number of nitro benzene ring substituents is 1. The van der Waals surface area contributed by atoms with E-state index in [0.29, 0.717) is 37.3 Å². The first kappa shape index (κ1) is 17.2. The quantitative estimate of drug-likeness (QED) is 0.177. The summed E-state index contributed by atoms with van der Waals surface area (Å²) < 4.78 is 79.2. The van der Waals surface area contributed by atoms with Crippen molar-refractivity contribution in [2.45, 2.75) is 13.0 Å². The molecule has 2 saturated heterocycles. The monoisotopic (exact) mass is 506 g/mol. The molecule has 1 atom stereocenters. The highest BCUT2D eigenvalue weighted by atomic mass is 31.2. The Bertz CT molecular complexity index is 1540. The Morgan fingerprint density at radius 2 is 1.91 bits per heavy atom. The number of amides is 1. The lowest BCUT2D eigenvalue weighted by atomic mass is 10.2. The summed E-state index contributed by atoms with van der Waals surface area (Å²) >= 11 is 0. The molecule has 0 spiro atoms. The molecule has 3 aromatic rings. The van der Waals surface area contributed by atoms with Crippen LogP contribution >= 0.6 is 7.67 Å². The molecule has 0 radical (unpaired) electrons. The molecule has 2 aromatic carbocycles. The van der Waals surface area contributed by atoms with Gasteiger partial charge in [-0.3, -0.25) is 24.0 Å². The average molecular weight is 506 g/mol. The molecule has 2 aliphatic rings. The number of hydrogen-bond donors (Lipinski definition) is 0. The second-order valence-electron chi connectivity index (χ2n) is 8.18. The summed E-state index contributed by atoms with van der Waals surface area (Å²) in [5.74, 6) is -1.28. The maximum absolute atomic E-state index is 13.4. The Morgan fingerprint density at radius 3 is 2.54 bits per heavy atom. The molecule has 2 fully saturated rings. The Kier molecular flexibility index (Phi) is 4.31. The van der Waals surface area contributed by atoms with E-state index in [1.54, 1.807) is 22.3 Å². The fourth-order valence-corrected chi connectivity index (χ4v) is 5.94. The molecule has 2 aliphatic heterocycles. The first-order valence-corrected chi connectivity index (χ1v) is 12.2. The van der Waals surface area contributed by atoms with Crippen LogP contribution in [0, 0.1) is 10.1 Å². The van der Waals surface area contributed by atoms with Crippen molar-refractivity contribution in [1.82, 2.24) is 14.2 Å². The Hall–Kier alpha value is -3.24. The Labute approximate surface area is 209 Å². The molecule has 11 nitrogen and oxygen atoms in total. The lowest BCUT2D eigenvalue weighted by Gasteiger charge is -2.22. The molecule has 1 aromatic heterocycles. The number of rotatable bonds is 9. The number of fused-ring (bicyclic) bond motifs is 1. The van der Waals surface area contributed by atoms with Gasteiger partial charge in [-0.15, -0.1) is 0 Å². The molecule has 12 heteroatoms. The Balaban J connectivity index is 1.43. The maximum atomic E-state index is 13.4. The highest BCUT2D eigenvalue weighted by molar-refractivity contribution is 7.54. The van der Waals surface area contributed by atoms with Crippen LogP contribution in [0.15, 0.2) is 46.9 Å². The topological polar surface area (TPSA) is 118 Å². The first-order valence-electron chi connectivity index (χ1n) is 13.7. The van der Waals surface area contributed by atoms with Gasteiger partial charge >= 0.3 is 13.4 Å². The van der Waals surface area contributed by atoms with Crippen LogP contribution in [0.2, 0.25) is 0 Å². The summed E-state index contributed by atoms with van der Waals surface area (Å²) in [6.45, 7) is -2.14. The van der Waals surface area contributed by atoms with E-state index in [2.05, 4.69) is 0 Å². The van der Waals surface area contributed by atoms with Crippen LogP contribution in [0.4, 0.5) is 5.69 Å². The predicted molar refractivity (Wildman–Crippen MR) is 128 cm³/mol. The standard InChI is InChI=1S/C23H25N4O7P/c1-15(34-35(31,25-7-8-25)26-9-10-26)20-12-17-13-22(19(27(29)30)14-21(17)33-20)32-18-6-4-5-16(11-18)23(28)24(2)3/h4-6,11-15H,7-10H2,1-3H3/i2D3,3D3. The van der Waals surface area contributed by atoms with Crippen molar-refractivity contribution in [3.63, 3.8) is 0 Å².